The zero-order valence-electron chi connectivity index (χ0n) is 12.8. The first-order chi connectivity index (χ1) is 9.10. The van der Waals surface area contributed by atoms with Crippen molar-refractivity contribution >= 4 is 12.2 Å². The molecule has 0 N–H and O–H groups in total. The van der Waals surface area contributed by atoms with Gasteiger partial charge in [0.1, 0.15) is 6.33 Å². The molecule has 0 radical (unpaired) electrons. The van der Waals surface area contributed by atoms with E-state index in [9.17, 15) is 0 Å². The molecule has 0 aliphatic heterocycles. The average Bonchev–Trinajstić information content (AvgIpc) is 2.39. The molecule has 0 spiro atoms. The van der Waals surface area contributed by atoms with E-state index >= 15 is 0 Å². The summed E-state index contributed by atoms with van der Waals surface area (Å²) in [4.78, 5) is 10.4. The van der Waals surface area contributed by atoms with Crippen molar-refractivity contribution in [1.82, 2.24) is 14.9 Å². The number of hydrogen-bond acceptors (Lipinski definition) is 3. The van der Waals surface area contributed by atoms with Gasteiger partial charge >= 0.3 is 0 Å². The Morgan fingerprint density at radius 1 is 1.11 bits per heavy atom. The van der Waals surface area contributed by atoms with E-state index < -0.39 is 0 Å². The largest absolute Gasteiger partial charge is 0.306 e. The van der Waals surface area contributed by atoms with Gasteiger partial charge in [-0.2, -0.15) is 0 Å². The van der Waals surface area contributed by atoms with Gasteiger partial charge in [0.2, 0.25) is 0 Å². The molecule has 1 rings (SSSR count). The standard InChI is InChI=1S/C9H10N2.C7H17N/c1-4-8-7(3)10-6-11-9(8)5-2;1-4-6-8(3)7-5-2/h4-6H,1-2H2,3H3;4-7H2,1-3H3. The Hall–Kier alpha value is -1.48. The molecule has 0 saturated carbocycles. The molecular weight excluding hydrogens is 234 g/mol. The molecule has 1 heterocycles. The van der Waals surface area contributed by atoms with Gasteiger partial charge in [-0.05, 0) is 46.0 Å². The molecule has 0 aromatic carbocycles. The molecule has 1 aromatic rings. The van der Waals surface area contributed by atoms with Crippen molar-refractivity contribution in [3.05, 3.63) is 36.4 Å². The summed E-state index contributed by atoms with van der Waals surface area (Å²) in [5, 5.41) is 0. The molecule has 106 valence electrons. The fraction of sp³-hybridized carbons (Fsp3) is 0.500. The van der Waals surface area contributed by atoms with E-state index in [0.717, 1.165) is 17.0 Å². The Morgan fingerprint density at radius 2 is 1.68 bits per heavy atom. The zero-order chi connectivity index (χ0) is 14.7. The predicted octanol–water partition coefficient (Wildman–Crippen LogP) is 3.81. The molecule has 3 heteroatoms. The molecular formula is C16H27N3. The summed E-state index contributed by atoms with van der Waals surface area (Å²) >= 11 is 0. The van der Waals surface area contributed by atoms with Crippen LogP contribution in [0.3, 0.4) is 0 Å². The number of hydrogen-bond donors (Lipinski definition) is 0. The molecule has 3 nitrogen and oxygen atoms in total. The molecule has 0 amide bonds. The fourth-order valence-corrected chi connectivity index (χ4v) is 1.79. The average molecular weight is 261 g/mol. The maximum atomic E-state index is 4.03. The molecule has 0 saturated heterocycles. The highest BCUT2D eigenvalue weighted by atomic mass is 15.1. The summed E-state index contributed by atoms with van der Waals surface area (Å²) in [5.74, 6) is 0. The van der Waals surface area contributed by atoms with Crippen LogP contribution in [0.2, 0.25) is 0 Å². The zero-order valence-corrected chi connectivity index (χ0v) is 12.8. The molecule has 0 aliphatic carbocycles. The van der Waals surface area contributed by atoms with Crippen molar-refractivity contribution in [2.45, 2.75) is 33.6 Å². The summed E-state index contributed by atoms with van der Waals surface area (Å²) in [5.41, 5.74) is 2.74. The van der Waals surface area contributed by atoms with Crippen LogP contribution in [0, 0.1) is 6.92 Å². The molecule has 1 aromatic heterocycles. The Bertz CT molecular complexity index is 380. The second-order valence-electron chi connectivity index (χ2n) is 4.47. The van der Waals surface area contributed by atoms with Crippen LogP contribution in [0.25, 0.3) is 12.2 Å². The fourth-order valence-electron chi connectivity index (χ4n) is 1.79. The summed E-state index contributed by atoms with van der Waals surface area (Å²) < 4.78 is 0. The lowest BCUT2D eigenvalue weighted by Gasteiger charge is -2.12. The maximum Gasteiger partial charge on any atom is 0.116 e. The van der Waals surface area contributed by atoms with Crippen molar-refractivity contribution in [3.8, 4) is 0 Å². The van der Waals surface area contributed by atoms with Gasteiger partial charge in [-0.3, -0.25) is 0 Å². The lowest BCUT2D eigenvalue weighted by Crippen LogP contribution is -2.19. The number of rotatable bonds is 6. The Morgan fingerprint density at radius 3 is 2.05 bits per heavy atom. The number of nitrogens with zero attached hydrogens (tertiary/aromatic N) is 3. The number of aryl methyl sites for hydroxylation is 1. The van der Waals surface area contributed by atoms with Crippen LogP contribution < -0.4 is 0 Å². The van der Waals surface area contributed by atoms with Gasteiger partial charge in [-0.15, -0.1) is 0 Å². The molecule has 19 heavy (non-hydrogen) atoms. The molecule has 0 fully saturated rings. The van der Waals surface area contributed by atoms with Gasteiger partial charge in [0.05, 0.1) is 5.69 Å². The van der Waals surface area contributed by atoms with Crippen molar-refractivity contribution in [3.63, 3.8) is 0 Å². The van der Waals surface area contributed by atoms with Crippen molar-refractivity contribution in [1.29, 1.82) is 0 Å². The van der Waals surface area contributed by atoms with Crippen LogP contribution >= 0.6 is 0 Å². The van der Waals surface area contributed by atoms with E-state index in [1.165, 1.54) is 32.3 Å². The van der Waals surface area contributed by atoms with Gasteiger partial charge in [0.25, 0.3) is 0 Å². The van der Waals surface area contributed by atoms with Crippen LogP contribution in [0.1, 0.15) is 43.6 Å². The Balaban J connectivity index is 0.000000362. The monoisotopic (exact) mass is 261 g/mol. The molecule has 0 atom stereocenters. The quantitative estimate of drug-likeness (QED) is 0.779. The van der Waals surface area contributed by atoms with E-state index in [1.807, 2.05) is 6.92 Å². The first kappa shape index (κ1) is 17.5. The first-order valence-corrected chi connectivity index (χ1v) is 6.85. The second kappa shape index (κ2) is 10.4. The van der Waals surface area contributed by atoms with E-state index in [-0.39, 0.29) is 0 Å². The highest BCUT2D eigenvalue weighted by Crippen LogP contribution is 2.10. The Kier molecular flexibility index (Phi) is 9.63. The predicted molar refractivity (Wildman–Crippen MR) is 85.0 cm³/mol. The third-order valence-electron chi connectivity index (χ3n) is 2.72. The number of aromatic nitrogens is 2. The highest BCUT2D eigenvalue weighted by molar-refractivity contribution is 5.61. The van der Waals surface area contributed by atoms with E-state index in [1.54, 1.807) is 12.2 Å². The van der Waals surface area contributed by atoms with Crippen LogP contribution in [-0.4, -0.2) is 35.0 Å². The molecule has 0 unspecified atom stereocenters. The summed E-state index contributed by atoms with van der Waals surface area (Å²) in [6.45, 7) is 16.2. The lowest BCUT2D eigenvalue weighted by atomic mass is 10.1. The van der Waals surface area contributed by atoms with Crippen molar-refractivity contribution in [2.75, 3.05) is 20.1 Å². The van der Waals surface area contributed by atoms with Crippen LogP contribution in [0.15, 0.2) is 19.5 Å². The molecule has 0 aliphatic rings. The summed E-state index contributed by atoms with van der Waals surface area (Å²) in [6.07, 6.45) is 7.52. The van der Waals surface area contributed by atoms with E-state index in [2.05, 4.69) is 48.9 Å². The van der Waals surface area contributed by atoms with Gasteiger partial charge in [-0.1, -0.05) is 33.1 Å². The molecule has 0 bridgehead atoms. The van der Waals surface area contributed by atoms with Crippen LogP contribution in [0.4, 0.5) is 0 Å². The van der Waals surface area contributed by atoms with Gasteiger partial charge in [-0.25, -0.2) is 9.97 Å². The van der Waals surface area contributed by atoms with Crippen molar-refractivity contribution in [2.24, 2.45) is 0 Å². The Labute approximate surface area is 118 Å². The normalized spacial score (nSPS) is 9.74. The third-order valence-corrected chi connectivity index (χ3v) is 2.72. The van der Waals surface area contributed by atoms with Crippen molar-refractivity contribution < 1.29 is 0 Å². The second-order valence-corrected chi connectivity index (χ2v) is 4.47. The minimum Gasteiger partial charge on any atom is -0.306 e. The summed E-state index contributed by atoms with van der Waals surface area (Å²) in [6, 6.07) is 0. The van der Waals surface area contributed by atoms with Gasteiger partial charge in [0, 0.05) is 11.3 Å². The SMILES string of the molecule is C=Cc1ncnc(C)c1C=C.CCCN(C)CCC. The third kappa shape index (κ3) is 6.87. The topological polar surface area (TPSA) is 29.0 Å². The van der Waals surface area contributed by atoms with Crippen LogP contribution in [-0.2, 0) is 0 Å². The summed E-state index contributed by atoms with van der Waals surface area (Å²) in [7, 11) is 2.17. The minimum absolute atomic E-state index is 0.840. The minimum atomic E-state index is 0.840. The van der Waals surface area contributed by atoms with Gasteiger partial charge in [0.15, 0.2) is 0 Å². The van der Waals surface area contributed by atoms with Gasteiger partial charge < -0.3 is 4.90 Å². The smallest absolute Gasteiger partial charge is 0.116 e. The van der Waals surface area contributed by atoms with E-state index in [0.29, 0.717) is 0 Å². The lowest BCUT2D eigenvalue weighted by molar-refractivity contribution is 0.335. The first-order valence-electron chi connectivity index (χ1n) is 6.85. The maximum absolute atomic E-state index is 4.03. The van der Waals surface area contributed by atoms with E-state index in [4.69, 9.17) is 0 Å². The van der Waals surface area contributed by atoms with Crippen LogP contribution in [0.5, 0.6) is 0 Å². The highest BCUT2D eigenvalue weighted by Gasteiger charge is 1.99.